The Balaban J connectivity index is 1.59. The lowest BCUT2D eigenvalue weighted by Gasteiger charge is -2.10. The van der Waals surface area contributed by atoms with Crippen molar-refractivity contribution in [3.63, 3.8) is 0 Å². The molecule has 0 aliphatic carbocycles. The number of anilines is 2. The topological polar surface area (TPSA) is 107 Å². The maximum absolute atomic E-state index is 5.70. The van der Waals surface area contributed by atoms with Crippen molar-refractivity contribution in [2.75, 3.05) is 11.1 Å². The van der Waals surface area contributed by atoms with Gasteiger partial charge in [0.15, 0.2) is 11.5 Å². The highest BCUT2D eigenvalue weighted by Gasteiger charge is 2.15. The molecule has 0 saturated heterocycles. The lowest BCUT2D eigenvalue weighted by atomic mass is 10.2. The van der Waals surface area contributed by atoms with Crippen molar-refractivity contribution in [2.24, 2.45) is 0 Å². The van der Waals surface area contributed by atoms with E-state index in [1.807, 2.05) is 6.07 Å². The Labute approximate surface area is 133 Å². The Hall–Kier alpha value is -2.77. The smallest absolute Gasteiger partial charge is 0.166 e. The molecule has 1 aliphatic heterocycles. The number of nitrogens with zero attached hydrogens (tertiary/aromatic N) is 6. The summed E-state index contributed by atoms with van der Waals surface area (Å²) in [4.78, 5) is 12.7. The summed E-state index contributed by atoms with van der Waals surface area (Å²) in [6, 6.07) is 3.63. The lowest BCUT2D eigenvalue weighted by Crippen LogP contribution is -2.11. The van der Waals surface area contributed by atoms with Gasteiger partial charge >= 0.3 is 0 Å². The second kappa shape index (κ2) is 5.79. The van der Waals surface area contributed by atoms with Crippen LogP contribution >= 0.6 is 0 Å². The molecule has 0 fully saturated rings. The van der Waals surface area contributed by atoms with Crippen molar-refractivity contribution < 1.29 is 0 Å². The molecular formula is C15H18N8. The number of aromatic nitrogens is 6. The fourth-order valence-corrected chi connectivity index (χ4v) is 2.94. The number of rotatable bonds is 3. The SMILES string of the molecule is Nc1ccc2c(NCc3nnc4n3CCCCC4)ncnc2n1. The van der Waals surface area contributed by atoms with Crippen molar-refractivity contribution in [1.82, 2.24) is 29.7 Å². The van der Waals surface area contributed by atoms with Crippen LogP contribution in [0.4, 0.5) is 11.6 Å². The molecule has 0 bridgehead atoms. The Morgan fingerprint density at radius 2 is 2.09 bits per heavy atom. The van der Waals surface area contributed by atoms with Crippen molar-refractivity contribution in [2.45, 2.75) is 38.8 Å². The van der Waals surface area contributed by atoms with Gasteiger partial charge in [-0.3, -0.25) is 0 Å². The fraction of sp³-hybridized carbons (Fsp3) is 0.400. The molecule has 3 aromatic heterocycles. The molecule has 3 aromatic rings. The molecule has 3 N–H and O–H groups in total. The van der Waals surface area contributed by atoms with E-state index in [0.29, 0.717) is 18.0 Å². The standard InChI is InChI=1S/C15H18N8/c16-11-6-5-10-14(18-9-19-15(10)20-11)17-8-13-22-21-12-4-2-1-3-7-23(12)13/h5-6,9H,1-4,7-8H2,(H3,16,17,18,19,20). The maximum Gasteiger partial charge on any atom is 0.166 e. The molecule has 0 unspecified atom stereocenters. The summed E-state index contributed by atoms with van der Waals surface area (Å²) in [5.41, 5.74) is 6.29. The third-order valence-electron chi connectivity index (χ3n) is 4.12. The van der Waals surface area contributed by atoms with Crippen LogP contribution in [-0.2, 0) is 19.5 Å². The van der Waals surface area contributed by atoms with Crippen LogP contribution in [0.2, 0.25) is 0 Å². The third-order valence-corrected chi connectivity index (χ3v) is 4.12. The minimum Gasteiger partial charge on any atom is -0.384 e. The van der Waals surface area contributed by atoms with Gasteiger partial charge in [-0.1, -0.05) is 6.42 Å². The number of nitrogen functional groups attached to an aromatic ring is 1. The summed E-state index contributed by atoms with van der Waals surface area (Å²) in [6.07, 6.45) is 6.11. The van der Waals surface area contributed by atoms with E-state index in [9.17, 15) is 0 Å². The Morgan fingerprint density at radius 1 is 1.13 bits per heavy atom. The summed E-state index contributed by atoms with van der Waals surface area (Å²) < 4.78 is 2.22. The van der Waals surface area contributed by atoms with E-state index in [-0.39, 0.29) is 0 Å². The van der Waals surface area contributed by atoms with Crippen molar-refractivity contribution in [1.29, 1.82) is 0 Å². The first kappa shape index (κ1) is 13.9. The second-order valence-electron chi connectivity index (χ2n) is 5.68. The number of aryl methyl sites for hydroxylation is 1. The van der Waals surface area contributed by atoms with Gasteiger partial charge in [-0.2, -0.15) is 0 Å². The predicted molar refractivity (Wildman–Crippen MR) is 86.6 cm³/mol. The highest BCUT2D eigenvalue weighted by Crippen LogP contribution is 2.20. The highest BCUT2D eigenvalue weighted by atomic mass is 15.3. The monoisotopic (exact) mass is 310 g/mol. The number of fused-ring (bicyclic) bond motifs is 2. The van der Waals surface area contributed by atoms with E-state index >= 15 is 0 Å². The molecule has 4 heterocycles. The third kappa shape index (κ3) is 2.67. The molecule has 0 atom stereocenters. The lowest BCUT2D eigenvalue weighted by molar-refractivity contribution is 0.610. The first-order valence-electron chi connectivity index (χ1n) is 7.83. The Kier molecular flexibility index (Phi) is 3.49. The minimum absolute atomic E-state index is 0.449. The molecule has 1 aliphatic rings. The highest BCUT2D eigenvalue weighted by molar-refractivity contribution is 5.86. The molecule has 23 heavy (non-hydrogen) atoms. The summed E-state index contributed by atoms with van der Waals surface area (Å²) in [5.74, 6) is 3.21. The molecule has 8 nitrogen and oxygen atoms in total. The number of hydrogen-bond donors (Lipinski definition) is 2. The maximum atomic E-state index is 5.70. The van der Waals surface area contributed by atoms with Gasteiger partial charge in [0.1, 0.15) is 23.8 Å². The van der Waals surface area contributed by atoms with Crippen LogP contribution in [0.15, 0.2) is 18.5 Å². The van der Waals surface area contributed by atoms with Gasteiger partial charge in [0, 0.05) is 13.0 Å². The Bertz CT molecular complexity index is 841. The van der Waals surface area contributed by atoms with Gasteiger partial charge in [0.2, 0.25) is 0 Å². The quantitative estimate of drug-likeness (QED) is 0.755. The van der Waals surface area contributed by atoms with Gasteiger partial charge in [-0.25, -0.2) is 15.0 Å². The molecule has 8 heteroatoms. The second-order valence-corrected chi connectivity index (χ2v) is 5.68. The molecule has 0 saturated carbocycles. The van der Waals surface area contributed by atoms with Crippen molar-refractivity contribution in [3.8, 4) is 0 Å². The molecule has 0 aromatic carbocycles. The van der Waals surface area contributed by atoms with Gasteiger partial charge < -0.3 is 15.6 Å². The van der Waals surface area contributed by atoms with E-state index in [0.717, 1.165) is 35.8 Å². The summed E-state index contributed by atoms with van der Waals surface area (Å²) in [6.45, 7) is 1.56. The number of nitrogens with two attached hydrogens (primary N) is 1. The fourth-order valence-electron chi connectivity index (χ4n) is 2.94. The Morgan fingerprint density at radius 3 is 3.04 bits per heavy atom. The first-order chi connectivity index (χ1) is 11.3. The molecule has 0 radical (unpaired) electrons. The van der Waals surface area contributed by atoms with Crippen LogP contribution in [0.5, 0.6) is 0 Å². The van der Waals surface area contributed by atoms with E-state index in [4.69, 9.17) is 5.73 Å². The first-order valence-corrected chi connectivity index (χ1v) is 7.83. The van der Waals surface area contributed by atoms with Crippen molar-refractivity contribution in [3.05, 3.63) is 30.1 Å². The van der Waals surface area contributed by atoms with E-state index in [1.54, 1.807) is 6.07 Å². The van der Waals surface area contributed by atoms with Crippen LogP contribution in [0, 0.1) is 0 Å². The zero-order valence-corrected chi connectivity index (χ0v) is 12.7. The van der Waals surface area contributed by atoms with Crippen LogP contribution in [-0.4, -0.2) is 29.7 Å². The largest absolute Gasteiger partial charge is 0.384 e. The summed E-state index contributed by atoms with van der Waals surface area (Å²) in [5, 5.41) is 12.8. The number of pyridine rings is 1. The normalized spacial score (nSPS) is 14.4. The zero-order chi connectivity index (χ0) is 15.6. The van der Waals surface area contributed by atoms with Gasteiger partial charge in [0.25, 0.3) is 0 Å². The van der Waals surface area contributed by atoms with Crippen molar-refractivity contribution >= 4 is 22.7 Å². The minimum atomic E-state index is 0.449. The number of nitrogens with one attached hydrogen (secondary N) is 1. The predicted octanol–water partition coefficient (Wildman–Crippen LogP) is 1.54. The van der Waals surface area contributed by atoms with Crippen LogP contribution in [0.3, 0.4) is 0 Å². The average Bonchev–Trinajstić information content (AvgIpc) is 2.79. The molecule has 4 rings (SSSR count). The van der Waals surface area contributed by atoms with E-state index < -0.39 is 0 Å². The van der Waals surface area contributed by atoms with Gasteiger partial charge in [-0.15, -0.1) is 10.2 Å². The molecule has 0 amide bonds. The van der Waals surface area contributed by atoms with E-state index in [1.165, 1.54) is 25.6 Å². The zero-order valence-electron chi connectivity index (χ0n) is 12.7. The van der Waals surface area contributed by atoms with Crippen LogP contribution < -0.4 is 11.1 Å². The average molecular weight is 310 g/mol. The van der Waals surface area contributed by atoms with Crippen LogP contribution in [0.25, 0.3) is 11.0 Å². The summed E-state index contributed by atoms with van der Waals surface area (Å²) >= 11 is 0. The summed E-state index contributed by atoms with van der Waals surface area (Å²) in [7, 11) is 0. The number of hydrogen-bond acceptors (Lipinski definition) is 7. The molecular weight excluding hydrogens is 292 g/mol. The molecule has 0 spiro atoms. The van der Waals surface area contributed by atoms with Gasteiger partial charge in [0.05, 0.1) is 11.9 Å². The van der Waals surface area contributed by atoms with E-state index in [2.05, 4.69) is 35.0 Å². The van der Waals surface area contributed by atoms with Gasteiger partial charge in [-0.05, 0) is 25.0 Å². The molecule has 118 valence electrons. The van der Waals surface area contributed by atoms with Crippen LogP contribution in [0.1, 0.15) is 30.9 Å².